The van der Waals surface area contributed by atoms with E-state index < -0.39 is 0 Å². The fourth-order valence-corrected chi connectivity index (χ4v) is 3.60. The van der Waals surface area contributed by atoms with E-state index in [0.717, 1.165) is 31.1 Å². The molecule has 5 nitrogen and oxygen atoms in total. The van der Waals surface area contributed by atoms with E-state index in [4.69, 9.17) is 4.74 Å². The van der Waals surface area contributed by atoms with Crippen LogP contribution in [0.1, 0.15) is 30.1 Å². The van der Waals surface area contributed by atoms with Gasteiger partial charge in [-0.2, -0.15) is 0 Å². The predicted octanol–water partition coefficient (Wildman–Crippen LogP) is 5.36. The van der Waals surface area contributed by atoms with E-state index in [0.29, 0.717) is 22.9 Å². The number of hydrogen-bond acceptors (Lipinski definition) is 4. The van der Waals surface area contributed by atoms with Crippen LogP contribution in [-0.2, 0) is 0 Å². The molecule has 0 radical (unpaired) electrons. The molecule has 1 saturated heterocycles. The zero-order valence-corrected chi connectivity index (χ0v) is 16.5. The number of anilines is 2. The van der Waals surface area contributed by atoms with Gasteiger partial charge >= 0.3 is 0 Å². The first-order chi connectivity index (χ1) is 14.2. The molecule has 2 heterocycles. The fourth-order valence-electron chi connectivity index (χ4n) is 3.60. The summed E-state index contributed by atoms with van der Waals surface area (Å²) in [7, 11) is 0. The number of nitrogens with zero attached hydrogens (tertiary/aromatic N) is 2. The topological polar surface area (TPSA) is 54.5 Å². The average Bonchev–Trinajstić information content (AvgIpc) is 2.76. The first kappa shape index (κ1) is 19.0. The number of aromatic nitrogens is 1. The van der Waals surface area contributed by atoms with E-state index in [9.17, 15) is 4.79 Å². The summed E-state index contributed by atoms with van der Waals surface area (Å²) in [6.45, 7) is 4.22. The van der Waals surface area contributed by atoms with Crippen LogP contribution < -0.4 is 15.0 Å². The lowest BCUT2D eigenvalue weighted by atomic mass is 10.0. The molecular weight excluding hydrogens is 362 g/mol. The number of nitrogens with one attached hydrogen (secondary N) is 1. The Balaban J connectivity index is 1.51. The van der Waals surface area contributed by atoms with Crippen molar-refractivity contribution >= 4 is 17.4 Å². The Kier molecular flexibility index (Phi) is 5.75. The van der Waals surface area contributed by atoms with Crippen LogP contribution in [0.3, 0.4) is 0 Å². The molecule has 1 fully saturated rings. The van der Waals surface area contributed by atoms with E-state index in [2.05, 4.69) is 22.1 Å². The van der Waals surface area contributed by atoms with Crippen LogP contribution in [0.4, 0.5) is 11.5 Å². The van der Waals surface area contributed by atoms with E-state index in [1.807, 2.05) is 60.7 Å². The number of rotatable bonds is 5. The molecular formula is C24H25N3O2. The molecule has 148 valence electrons. The van der Waals surface area contributed by atoms with E-state index in [-0.39, 0.29) is 5.91 Å². The van der Waals surface area contributed by atoms with Gasteiger partial charge in [0.1, 0.15) is 11.6 Å². The van der Waals surface area contributed by atoms with Crippen molar-refractivity contribution in [3.8, 4) is 11.5 Å². The molecule has 1 amide bonds. The molecule has 2 aromatic carbocycles. The second-order valence-electron chi connectivity index (χ2n) is 7.46. The van der Waals surface area contributed by atoms with Crippen LogP contribution in [0.5, 0.6) is 11.5 Å². The van der Waals surface area contributed by atoms with Gasteiger partial charge in [0.05, 0.1) is 5.69 Å². The van der Waals surface area contributed by atoms with Crippen LogP contribution >= 0.6 is 0 Å². The van der Waals surface area contributed by atoms with Crippen molar-refractivity contribution in [3.63, 3.8) is 0 Å². The van der Waals surface area contributed by atoms with Crippen molar-refractivity contribution in [3.05, 3.63) is 78.5 Å². The fraction of sp³-hybridized carbons (Fsp3) is 0.250. The largest absolute Gasteiger partial charge is 0.455 e. The summed E-state index contributed by atoms with van der Waals surface area (Å²) in [5, 5.41) is 2.98. The van der Waals surface area contributed by atoms with Crippen molar-refractivity contribution < 1.29 is 9.53 Å². The Morgan fingerprint density at radius 2 is 1.90 bits per heavy atom. The van der Waals surface area contributed by atoms with Crippen LogP contribution in [-0.4, -0.2) is 24.0 Å². The number of amides is 1. The van der Waals surface area contributed by atoms with E-state index >= 15 is 0 Å². The summed E-state index contributed by atoms with van der Waals surface area (Å²) in [6.07, 6.45) is 4.11. The smallest absolute Gasteiger partial charge is 0.255 e. The molecule has 0 aliphatic carbocycles. The molecule has 29 heavy (non-hydrogen) atoms. The Hall–Kier alpha value is -3.34. The van der Waals surface area contributed by atoms with Crippen LogP contribution in [0.15, 0.2) is 72.9 Å². The highest BCUT2D eigenvalue weighted by Gasteiger charge is 2.19. The van der Waals surface area contributed by atoms with Crippen LogP contribution in [0.2, 0.25) is 0 Å². The summed E-state index contributed by atoms with van der Waals surface area (Å²) in [6, 6.07) is 20.6. The Morgan fingerprint density at radius 3 is 2.72 bits per heavy atom. The molecule has 1 aromatic heterocycles. The first-order valence-corrected chi connectivity index (χ1v) is 10.0. The second-order valence-corrected chi connectivity index (χ2v) is 7.46. The zero-order valence-electron chi connectivity index (χ0n) is 16.5. The molecule has 3 aromatic rings. The molecule has 1 unspecified atom stereocenters. The van der Waals surface area contributed by atoms with Gasteiger partial charge in [-0.1, -0.05) is 37.3 Å². The van der Waals surface area contributed by atoms with Crippen molar-refractivity contribution in [2.24, 2.45) is 5.92 Å². The maximum absolute atomic E-state index is 12.9. The molecule has 0 bridgehead atoms. The third kappa shape index (κ3) is 4.74. The first-order valence-electron chi connectivity index (χ1n) is 10.0. The van der Waals surface area contributed by atoms with Gasteiger partial charge in [-0.15, -0.1) is 0 Å². The van der Waals surface area contributed by atoms with Gasteiger partial charge < -0.3 is 15.0 Å². The molecule has 5 heteroatoms. The number of benzene rings is 2. The summed E-state index contributed by atoms with van der Waals surface area (Å²) in [4.78, 5) is 19.6. The molecule has 1 aliphatic heterocycles. The zero-order chi connectivity index (χ0) is 20.1. The highest BCUT2D eigenvalue weighted by Crippen LogP contribution is 2.30. The number of ether oxygens (including phenoxy) is 1. The molecule has 4 rings (SSSR count). The maximum Gasteiger partial charge on any atom is 0.255 e. The monoisotopic (exact) mass is 387 g/mol. The summed E-state index contributed by atoms with van der Waals surface area (Å²) >= 11 is 0. The van der Waals surface area contributed by atoms with Gasteiger partial charge in [-0.25, -0.2) is 4.98 Å². The quantitative estimate of drug-likeness (QED) is 0.640. The third-order valence-corrected chi connectivity index (χ3v) is 5.09. The van der Waals surface area contributed by atoms with Gasteiger partial charge in [0, 0.05) is 24.8 Å². The number of pyridine rings is 1. The Labute approximate surface area is 171 Å². The minimum atomic E-state index is -0.178. The van der Waals surface area contributed by atoms with Gasteiger partial charge in [0.15, 0.2) is 5.75 Å². The van der Waals surface area contributed by atoms with Crippen LogP contribution in [0.25, 0.3) is 0 Å². The molecule has 0 saturated carbocycles. The standard InChI is InChI=1S/C24H25N3O2/c1-18-8-7-15-27(17-18)23-16-19(13-14-25-23)24(28)26-21-11-5-6-12-22(21)29-20-9-3-2-4-10-20/h2-6,9-14,16,18H,7-8,15,17H2,1H3,(H,26,28). The van der Waals surface area contributed by atoms with Crippen molar-refractivity contribution in [2.75, 3.05) is 23.3 Å². The minimum Gasteiger partial charge on any atom is -0.455 e. The molecule has 1 N–H and O–H groups in total. The lowest BCUT2D eigenvalue weighted by Gasteiger charge is -2.31. The van der Waals surface area contributed by atoms with Crippen molar-refractivity contribution in [1.82, 2.24) is 4.98 Å². The van der Waals surface area contributed by atoms with Gasteiger partial charge in [0.25, 0.3) is 5.91 Å². The van der Waals surface area contributed by atoms with Crippen molar-refractivity contribution in [2.45, 2.75) is 19.8 Å². The molecule has 1 atom stereocenters. The minimum absolute atomic E-state index is 0.178. The predicted molar refractivity (Wildman–Crippen MR) is 116 cm³/mol. The summed E-state index contributed by atoms with van der Waals surface area (Å²) in [5.41, 5.74) is 1.22. The van der Waals surface area contributed by atoms with Gasteiger partial charge in [-0.05, 0) is 55.2 Å². The number of hydrogen-bond donors (Lipinski definition) is 1. The average molecular weight is 387 g/mol. The normalized spacial score (nSPS) is 16.3. The third-order valence-electron chi connectivity index (χ3n) is 5.09. The number of carbonyl (C=O) groups is 1. The van der Waals surface area contributed by atoms with Crippen LogP contribution in [0, 0.1) is 5.92 Å². The summed E-state index contributed by atoms with van der Waals surface area (Å²) < 4.78 is 5.94. The Morgan fingerprint density at radius 1 is 1.10 bits per heavy atom. The van der Waals surface area contributed by atoms with Crippen molar-refractivity contribution in [1.29, 1.82) is 0 Å². The number of piperidine rings is 1. The van der Waals surface area contributed by atoms with E-state index in [1.165, 1.54) is 6.42 Å². The maximum atomic E-state index is 12.9. The van der Waals surface area contributed by atoms with Gasteiger partial charge in [0.2, 0.25) is 0 Å². The number of para-hydroxylation sites is 3. The Bertz CT molecular complexity index is 975. The highest BCUT2D eigenvalue weighted by molar-refractivity contribution is 6.05. The van der Waals surface area contributed by atoms with E-state index in [1.54, 1.807) is 12.3 Å². The lowest BCUT2D eigenvalue weighted by molar-refractivity contribution is 0.102. The van der Waals surface area contributed by atoms with Gasteiger partial charge in [-0.3, -0.25) is 4.79 Å². The highest BCUT2D eigenvalue weighted by atomic mass is 16.5. The number of carbonyl (C=O) groups excluding carboxylic acids is 1. The second kappa shape index (κ2) is 8.78. The lowest BCUT2D eigenvalue weighted by Crippen LogP contribution is -2.34. The summed E-state index contributed by atoms with van der Waals surface area (Å²) in [5.74, 6) is 2.65. The molecule has 1 aliphatic rings. The molecule has 0 spiro atoms. The SMILES string of the molecule is CC1CCCN(c2cc(C(=O)Nc3ccccc3Oc3ccccc3)ccn2)C1.